The third kappa shape index (κ3) is 5.08. The van der Waals surface area contributed by atoms with Crippen molar-refractivity contribution in [2.45, 2.75) is 58.0 Å². The van der Waals surface area contributed by atoms with Crippen LogP contribution < -0.4 is 9.64 Å². The summed E-state index contributed by atoms with van der Waals surface area (Å²) in [5, 5.41) is 13.8. The van der Waals surface area contributed by atoms with Crippen molar-refractivity contribution in [1.82, 2.24) is 0 Å². The minimum atomic E-state index is 0.0683. The fourth-order valence-corrected chi connectivity index (χ4v) is 4.42. The number of anilines is 1. The number of benzene rings is 3. The van der Waals surface area contributed by atoms with E-state index in [1.807, 2.05) is 18.2 Å². The first kappa shape index (κ1) is 20.6. The maximum Gasteiger partial charge on any atom is 0.179 e. The molecule has 0 spiro atoms. The zero-order chi connectivity index (χ0) is 20.8. The zero-order valence-corrected chi connectivity index (χ0v) is 18.0. The molecular weight excluding hydrogens is 370 g/mol. The lowest BCUT2D eigenvalue weighted by Gasteiger charge is -2.34. The fourth-order valence-electron chi connectivity index (χ4n) is 4.42. The molecule has 0 bridgehead atoms. The van der Waals surface area contributed by atoms with E-state index >= 15 is 0 Å². The van der Waals surface area contributed by atoms with Gasteiger partial charge in [0.25, 0.3) is 0 Å². The molecule has 0 unspecified atom stereocenters. The normalized spacial score (nSPS) is 14.9. The van der Waals surface area contributed by atoms with Gasteiger partial charge in [-0.3, -0.25) is 5.11 Å². The number of aryl methyl sites for hydroxylation is 1. The Kier molecular flexibility index (Phi) is 6.78. The predicted molar refractivity (Wildman–Crippen MR) is 124 cm³/mol. The van der Waals surface area contributed by atoms with Gasteiger partial charge in [0.1, 0.15) is 11.9 Å². The van der Waals surface area contributed by atoms with Crippen LogP contribution in [0.15, 0.2) is 60.7 Å². The molecule has 0 saturated carbocycles. The second-order valence-electron chi connectivity index (χ2n) is 8.42. The third-order valence-electron chi connectivity index (χ3n) is 6.16. The van der Waals surface area contributed by atoms with E-state index in [4.69, 9.17) is 4.74 Å². The van der Waals surface area contributed by atoms with Gasteiger partial charge < -0.3 is 9.64 Å². The molecule has 1 saturated heterocycles. The smallest absolute Gasteiger partial charge is 0.179 e. The molecule has 0 amide bonds. The molecule has 30 heavy (non-hydrogen) atoms. The van der Waals surface area contributed by atoms with Crippen molar-refractivity contribution in [3.63, 3.8) is 0 Å². The monoisotopic (exact) mass is 402 g/mol. The Balaban J connectivity index is 1.31. The summed E-state index contributed by atoms with van der Waals surface area (Å²) in [6.45, 7) is 4.19. The Morgan fingerprint density at radius 3 is 2.50 bits per heavy atom. The van der Waals surface area contributed by atoms with Gasteiger partial charge in [-0.05, 0) is 60.2 Å². The molecule has 4 rings (SSSR count). The van der Waals surface area contributed by atoms with Crippen LogP contribution in [0.4, 0.5) is 5.69 Å². The highest BCUT2D eigenvalue weighted by Crippen LogP contribution is 2.32. The van der Waals surface area contributed by atoms with Crippen LogP contribution in [0.1, 0.15) is 51.0 Å². The van der Waals surface area contributed by atoms with Gasteiger partial charge in [-0.1, -0.05) is 50.5 Å². The molecule has 1 fully saturated rings. The largest absolute Gasteiger partial charge is 0.490 e. The number of piperidine rings is 1. The summed E-state index contributed by atoms with van der Waals surface area (Å²) in [4.78, 5) is 2.42. The van der Waals surface area contributed by atoms with E-state index in [2.05, 4.69) is 42.2 Å². The molecule has 0 aliphatic carbocycles. The first-order chi connectivity index (χ1) is 14.7. The Morgan fingerprint density at radius 2 is 1.73 bits per heavy atom. The van der Waals surface area contributed by atoms with Gasteiger partial charge in [0.05, 0.1) is 0 Å². The number of hydrogen-bond acceptors (Lipinski definition) is 2. The highest BCUT2D eigenvalue weighted by molar-refractivity contribution is 5.95. The van der Waals surface area contributed by atoms with Gasteiger partial charge >= 0.3 is 0 Å². The maximum atomic E-state index is 11.7. The predicted octanol–water partition coefficient (Wildman–Crippen LogP) is 7.15. The molecular formula is C27H32NO2. The molecule has 3 nitrogen and oxygen atoms in total. The highest BCUT2D eigenvalue weighted by Gasteiger charge is 2.22. The number of unbranched alkanes of at least 4 members (excludes halogenated alkanes) is 3. The number of rotatable bonds is 8. The van der Waals surface area contributed by atoms with Crippen molar-refractivity contribution in [2.24, 2.45) is 0 Å². The molecule has 0 N–H and O–H groups in total. The molecule has 1 heterocycles. The number of fused-ring (bicyclic) bond motifs is 1. The Bertz CT molecular complexity index is 943. The fraction of sp³-hybridized carbons (Fsp3) is 0.407. The summed E-state index contributed by atoms with van der Waals surface area (Å²) in [6.07, 6.45) is 8.66. The average Bonchev–Trinajstić information content (AvgIpc) is 2.78. The van der Waals surface area contributed by atoms with E-state index < -0.39 is 0 Å². The van der Waals surface area contributed by atoms with Gasteiger partial charge in [0.15, 0.2) is 5.75 Å². The standard InChI is InChI=1S/C27H32NO2/c1-2-3-4-5-7-21-10-13-24(14-11-21)30-25-16-18-28(19-17-25)27-9-6-8-22-20-23(29)12-15-26(22)27/h6,8-15,20,25H,2-5,7,16-19H2,1H3. The van der Waals surface area contributed by atoms with E-state index in [9.17, 15) is 5.11 Å². The Hall–Kier alpha value is -2.68. The molecule has 1 aliphatic rings. The highest BCUT2D eigenvalue weighted by atomic mass is 16.5. The number of hydrogen-bond donors (Lipinski definition) is 0. The first-order valence-corrected chi connectivity index (χ1v) is 11.4. The second kappa shape index (κ2) is 9.88. The minimum Gasteiger partial charge on any atom is -0.490 e. The van der Waals surface area contributed by atoms with E-state index in [0.717, 1.165) is 48.9 Å². The van der Waals surface area contributed by atoms with E-state index in [1.54, 1.807) is 12.1 Å². The quantitative estimate of drug-likeness (QED) is 0.375. The van der Waals surface area contributed by atoms with Crippen LogP contribution in [0, 0.1) is 0 Å². The van der Waals surface area contributed by atoms with Crippen molar-refractivity contribution in [1.29, 1.82) is 0 Å². The zero-order valence-electron chi connectivity index (χ0n) is 18.0. The molecule has 1 radical (unpaired) electrons. The van der Waals surface area contributed by atoms with Crippen LogP contribution in [0.2, 0.25) is 0 Å². The van der Waals surface area contributed by atoms with E-state index in [-0.39, 0.29) is 11.9 Å². The molecule has 3 aromatic carbocycles. The third-order valence-corrected chi connectivity index (χ3v) is 6.16. The topological polar surface area (TPSA) is 32.4 Å². The Morgan fingerprint density at radius 1 is 0.933 bits per heavy atom. The summed E-state index contributed by atoms with van der Waals surface area (Å²) in [5.41, 5.74) is 2.63. The van der Waals surface area contributed by atoms with Crippen molar-refractivity contribution in [3.05, 3.63) is 66.2 Å². The lowest BCUT2D eigenvalue weighted by atomic mass is 10.0. The molecule has 3 aromatic rings. The molecule has 0 atom stereocenters. The maximum absolute atomic E-state index is 11.7. The number of nitrogens with zero attached hydrogens (tertiary/aromatic N) is 1. The molecule has 3 heteroatoms. The molecule has 157 valence electrons. The van der Waals surface area contributed by atoms with Crippen LogP contribution in [0.5, 0.6) is 11.5 Å². The van der Waals surface area contributed by atoms with Gasteiger partial charge in [0.2, 0.25) is 0 Å². The second-order valence-corrected chi connectivity index (χ2v) is 8.42. The summed E-state index contributed by atoms with van der Waals surface area (Å²) in [7, 11) is 0. The van der Waals surface area contributed by atoms with Crippen molar-refractivity contribution < 1.29 is 9.84 Å². The molecule has 0 aromatic heterocycles. The summed E-state index contributed by atoms with van der Waals surface area (Å²) >= 11 is 0. The molecule has 1 aliphatic heterocycles. The van der Waals surface area contributed by atoms with Crippen molar-refractivity contribution >= 4 is 16.5 Å². The van der Waals surface area contributed by atoms with Crippen molar-refractivity contribution in [3.8, 4) is 11.5 Å². The Labute approximate surface area is 180 Å². The van der Waals surface area contributed by atoms with Crippen LogP contribution in [-0.2, 0) is 11.5 Å². The summed E-state index contributed by atoms with van der Waals surface area (Å²) in [5.74, 6) is 1.05. The minimum absolute atomic E-state index is 0.0683. The van der Waals surface area contributed by atoms with Gasteiger partial charge in [0, 0.05) is 37.0 Å². The summed E-state index contributed by atoms with van der Waals surface area (Å²) < 4.78 is 6.27. The van der Waals surface area contributed by atoms with E-state index in [0.29, 0.717) is 0 Å². The summed E-state index contributed by atoms with van der Waals surface area (Å²) in [6, 6.07) is 20.3. The van der Waals surface area contributed by atoms with Gasteiger partial charge in [-0.15, -0.1) is 0 Å². The van der Waals surface area contributed by atoms with Crippen LogP contribution in [0.25, 0.3) is 10.8 Å². The van der Waals surface area contributed by atoms with E-state index in [1.165, 1.54) is 36.9 Å². The lowest BCUT2D eigenvalue weighted by Crippen LogP contribution is -2.38. The van der Waals surface area contributed by atoms with Crippen LogP contribution in [-0.4, -0.2) is 19.2 Å². The van der Waals surface area contributed by atoms with Crippen molar-refractivity contribution in [2.75, 3.05) is 18.0 Å². The van der Waals surface area contributed by atoms with Crippen LogP contribution >= 0.6 is 0 Å². The lowest BCUT2D eigenvalue weighted by molar-refractivity contribution is 0.171. The SMILES string of the molecule is CCCCCCc1ccc(OC2CCN(c3cccc4cc([O])ccc34)CC2)cc1. The van der Waals surface area contributed by atoms with Gasteiger partial charge in [-0.25, -0.2) is 0 Å². The number of ether oxygens (including phenoxy) is 1. The first-order valence-electron chi connectivity index (χ1n) is 11.4. The average molecular weight is 403 g/mol. The van der Waals surface area contributed by atoms with Crippen LogP contribution in [0.3, 0.4) is 0 Å². The van der Waals surface area contributed by atoms with Gasteiger partial charge in [-0.2, -0.15) is 0 Å².